The Morgan fingerprint density at radius 3 is 2.36 bits per heavy atom. The number of amides is 2. The van der Waals surface area contributed by atoms with Crippen molar-refractivity contribution in [3.8, 4) is 0 Å². The summed E-state index contributed by atoms with van der Waals surface area (Å²) in [5.74, 6) is -2.23. The molecular weight excluding hydrogens is 504 g/mol. The van der Waals surface area contributed by atoms with Crippen LogP contribution in [-0.2, 0) is 37.2 Å². The van der Waals surface area contributed by atoms with Crippen LogP contribution in [0.25, 0.3) is 0 Å². The van der Waals surface area contributed by atoms with Gasteiger partial charge in [-0.1, -0.05) is 45.0 Å². The van der Waals surface area contributed by atoms with Crippen molar-refractivity contribution in [2.45, 2.75) is 64.3 Å². The maximum Gasteiger partial charge on any atom is 0.326 e. The molecule has 5 N–H and O–H groups in total. The molecular formula is C24H38N4O6S2. The monoisotopic (exact) mass is 542 g/mol. The van der Waals surface area contributed by atoms with Gasteiger partial charge in [-0.3, -0.25) is 9.59 Å². The van der Waals surface area contributed by atoms with Crippen molar-refractivity contribution in [2.24, 2.45) is 11.1 Å². The van der Waals surface area contributed by atoms with Gasteiger partial charge in [0.15, 0.2) is 0 Å². The van der Waals surface area contributed by atoms with E-state index in [9.17, 15) is 27.9 Å². The van der Waals surface area contributed by atoms with Gasteiger partial charge in [-0.15, -0.1) is 0 Å². The van der Waals surface area contributed by atoms with Crippen LogP contribution in [0.4, 0.5) is 0 Å². The van der Waals surface area contributed by atoms with Gasteiger partial charge in [0.25, 0.3) is 0 Å². The summed E-state index contributed by atoms with van der Waals surface area (Å²) in [7, 11) is -3.42. The number of fused-ring (bicyclic) bond motifs is 1. The molecule has 1 heterocycles. The largest absolute Gasteiger partial charge is 0.480 e. The van der Waals surface area contributed by atoms with Crippen molar-refractivity contribution >= 4 is 40.2 Å². The molecule has 2 rings (SSSR count). The van der Waals surface area contributed by atoms with Crippen LogP contribution in [0.5, 0.6) is 0 Å². The Balaban J connectivity index is 2.36. The molecule has 0 fully saturated rings. The fraction of sp³-hybridized carbons (Fsp3) is 0.625. The van der Waals surface area contributed by atoms with Gasteiger partial charge in [-0.05, 0) is 23.0 Å². The summed E-state index contributed by atoms with van der Waals surface area (Å²) in [5.41, 5.74) is 7.28. The topological polar surface area (TPSA) is 159 Å². The van der Waals surface area contributed by atoms with Crippen molar-refractivity contribution in [1.82, 2.24) is 15.5 Å². The van der Waals surface area contributed by atoms with Crippen LogP contribution in [-0.4, -0.2) is 84.7 Å². The number of carboxylic acid groups (broad SMARTS) is 1. The maximum atomic E-state index is 13.9. The van der Waals surface area contributed by atoms with Crippen LogP contribution >= 0.6 is 12.6 Å². The lowest BCUT2D eigenvalue weighted by Crippen LogP contribution is -2.61. The van der Waals surface area contributed by atoms with E-state index in [2.05, 4.69) is 23.3 Å². The third-order valence-corrected chi connectivity index (χ3v) is 7.60. The third kappa shape index (κ3) is 8.46. The highest BCUT2D eigenvalue weighted by Gasteiger charge is 2.41. The summed E-state index contributed by atoms with van der Waals surface area (Å²) < 4.78 is 23.1. The molecule has 0 spiro atoms. The average Bonchev–Trinajstić information content (AvgIpc) is 2.78. The number of hydrogen-bond acceptors (Lipinski definition) is 8. The number of aliphatic carboxylic acids is 1. The molecule has 1 aromatic carbocycles. The zero-order chi connectivity index (χ0) is 27.3. The maximum absolute atomic E-state index is 13.9. The number of nitrogens with two attached hydrogens (primary N) is 1. The molecule has 10 nitrogen and oxygen atoms in total. The van der Waals surface area contributed by atoms with Crippen molar-refractivity contribution < 1.29 is 27.9 Å². The van der Waals surface area contributed by atoms with E-state index >= 15 is 0 Å². The fourth-order valence-corrected chi connectivity index (χ4v) is 4.90. The number of hydrogen-bond donors (Lipinski definition) is 5. The lowest BCUT2D eigenvalue weighted by Gasteiger charge is -2.41. The summed E-state index contributed by atoms with van der Waals surface area (Å²) in [6.07, 6.45) is 0.940. The molecule has 0 bridgehead atoms. The quantitative estimate of drug-likeness (QED) is 0.248. The highest BCUT2D eigenvalue weighted by molar-refractivity contribution is 7.90. The molecule has 0 radical (unpaired) electrons. The minimum absolute atomic E-state index is 0.182. The second-order valence-electron chi connectivity index (χ2n) is 10.4. The molecule has 0 aromatic heterocycles. The Morgan fingerprint density at radius 2 is 1.83 bits per heavy atom. The molecule has 1 aromatic rings. The van der Waals surface area contributed by atoms with Crippen molar-refractivity contribution in [3.63, 3.8) is 0 Å². The number of carbonyl (C=O) groups is 3. The van der Waals surface area contributed by atoms with Gasteiger partial charge in [-0.2, -0.15) is 12.6 Å². The van der Waals surface area contributed by atoms with Gasteiger partial charge < -0.3 is 26.4 Å². The van der Waals surface area contributed by atoms with Gasteiger partial charge in [0.2, 0.25) is 11.8 Å². The van der Waals surface area contributed by atoms with Crippen molar-refractivity contribution in [1.29, 1.82) is 0 Å². The van der Waals surface area contributed by atoms with E-state index in [1.54, 1.807) is 0 Å². The summed E-state index contributed by atoms with van der Waals surface area (Å²) in [4.78, 5) is 40.5. The van der Waals surface area contributed by atoms with Crippen LogP contribution in [0.3, 0.4) is 0 Å². The highest BCUT2D eigenvalue weighted by atomic mass is 32.2. The van der Waals surface area contributed by atoms with Crippen LogP contribution in [0, 0.1) is 5.41 Å². The zero-order valence-corrected chi connectivity index (χ0v) is 22.9. The Bertz CT molecular complexity index is 1060. The number of benzene rings is 1. The molecule has 1 aliphatic rings. The van der Waals surface area contributed by atoms with E-state index in [0.29, 0.717) is 12.3 Å². The van der Waals surface area contributed by atoms with E-state index in [1.165, 1.54) is 4.90 Å². The van der Waals surface area contributed by atoms with Crippen LogP contribution in [0.2, 0.25) is 0 Å². The van der Waals surface area contributed by atoms with Crippen LogP contribution in [0.1, 0.15) is 38.3 Å². The zero-order valence-electron chi connectivity index (χ0n) is 21.2. The summed E-state index contributed by atoms with van der Waals surface area (Å²) >= 11 is 4.20. The first kappa shape index (κ1) is 30.1. The predicted octanol–water partition coefficient (Wildman–Crippen LogP) is 0.205. The molecule has 36 heavy (non-hydrogen) atoms. The van der Waals surface area contributed by atoms with Gasteiger partial charge in [0.1, 0.15) is 21.9 Å². The number of sulfone groups is 1. The van der Waals surface area contributed by atoms with E-state index in [4.69, 9.17) is 5.73 Å². The number of nitrogens with one attached hydrogen (secondary N) is 2. The fourth-order valence-electron chi connectivity index (χ4n) is 4.11. The molecule has 4 atom stereocenters. The second-order valence-corrected chi connectivity index (χ2v) is 13.0. The van der Waals surface area contributed by atoms with E-state index in [-0.39, 0.29) is 37.1 Å². The summed E-state index contributed by atoms with van der Waals surface area (Å²) in [5, 5.41) is 15.3. The second kappa shape index (κ2) is 12.4. The summed E-state index contributed by atoms with van der Waals surface area (Å²) in [6, 6.07) is 4.19. The third-order valence-electron chi connectivity index (χ3n) is 6.16. The average molecular weight is 543 g/mol. The molecule has 2 amide bonds. The number of carboxylic acids is 1. The molecule has 1 aliphatic heterocycles. The first-order valence-corrected chi connectivity index (χ1v) is 14.5. The number of nitrogens with zero attached hydrogens (tertiary/aromatic N) is 1. The Labute approximate surface area is 218 Å². The standard InChI is InChI=1S/C24H38N4O6S2/c1-24(2,3)20(26-12-17(25)14-35)22(30)28-13-16-8-6-5-7-15(16)11-19(28)21(29)27-18(23(31)32)9-10-36(4,33)34/h5-8,17-20,26,35H,9-14,25H2,1-4H3,(H,27,29)(H,31,32)/t17-,18+,19+,20-/m1/s1. The van der Waals surface area contributed by atoms with E-state index < -0.39 is 45.3 Å². The lowest BCUT2D eigenvalue weighted by molar-refractivity contribution is -0.147. The molecule has 0 saturated heterocycles. The lowest BCUT2D eigenvalue weighted by atomic mass is 9.84. The van der Waals surface area contributed by atoms with Crippen LogP contribution in [0.15, 0.2) is 24.3 Å². The minimum atomic E-state index is -3.42. The smallest absolute Gasteiger partial charge is 0.326 e. The first-order valence-electron chi connectivity index (χ1n) is 11.8. The van der Waals surface area contributed by atoms with Crippen LogP contribution < -0.4 is 16.4 Å². The molecule has 12 heteroatoms. The molecule has 0 aliphatic carbocycles. The van der Waals surface area contributed by atoms with Crippen molar-refractivity contribution in [3.05, 3.63) is 35.4 Å². The van der Waals surface area contributed by atoms with Gasteiger partial charge in [0, 0.05) is 37.6 Å². The Hall–Kier alpha value is -2.15. The SMILES string of the molecule is CC(C)(C)[C@H](NC[C@@H](N)CS)C(=O)N1Cc2ccccc2C[C@H]1C(=O)N[C@@H](CCS(C)(=O)=O)C(=O)O. The number of rotatable bonds is 11. The Kier molecular flexibility index (Phi) is 10.4. The molecule has 202 valence electrons. The normalized spacial score (nSPS) is 18.6. The van der Waals surface area contributed by atoms with Crippen molar-refractivity contribution in [2.75, 3.05) is 24.3 Å². The van der Waals surface area contributed by atoms with E-state index in [1.807, 2.05) is 45.0 Å². The molecule has 0 unspecified atom stereocenters. The molecule has 0 saturated carbocycles. The van der Waals surface area contributed by atoms with Gasteiger partial charge >= 0.3 is 5.97 Å². The first-order chi connectivity index (χ1) is 16.6. The van der Waals surface area contributed by atoms with Gasteiger partial charge in [0.05, 0.1) is 11.8 Å². The minimum Gasteiger partial charge on any atom is -0.480 e. The van der Waals surface area contributed by atoms with Gasteiger partial charge in [-0.25, -0.2) is 13.2 Å². The Morgan fingerprint density at radius 1 is 1.22 bits per heavy atom. The summed E-state index contributed by atoms with van der Waals surface area (Å²) in [6.45, 7) is 6.26. The highest BCUT2D eigenvalue weighted by Crippen LogP contribution is 2.28. The predicted molar refractivity (Wildman–Crippen MR) is 141 cm³/mol. The number of carbonyl (C=O) groups excluding carboxylic acids is 2. The number of thiol groups is 1. The van der Waals surface area contributed by atoms with E-state index in [0.717, 1.165) is 17.4 Å².